The predicted molar refractivity (Wildman–Crippen MR) is 103 cm³/mol. The molecule has 0 aliphatic carbocycles. The number of aromatic nitrogens is 2. The van der Waals surface area contributed by atoms with Gasteiger partial charge in [-0.25, -0.2) is 4.39 Å². The molecule has 2 amide bonds. The molecule has 1 aromatic heterocycles. The number of benzene rings is 1. The first-order chi connectivity index (χ1) is 12.9. The topological polar surface area (TPSA) is 69.3 Å². The highest BCUT2D eigenvalue weighted by molar-refractivity contribution is 9.10. The van der Waals surface area contributed by atoms with E-state index in [0.29, 0.717) is 36.3 Å². The monoisotopic (exact) mass is 436 g/mol. The quantitative estimate of drug-likeness (QED) is 0.800. The lowest BCUT2D eigenvalue weighted by molar-refractivity contribution is -0.131. The third-order valence-corrected chi connectivity index (χ3v) is 5.50. The van der Waals surface area contributed by atoms with Crippen molar-refractivity contribution in [3.8, 4) is 0 Å². The fraction of sp³-hybridized carbons (Fsp3) is 0.421. The van der Waals surface area contributed by atoms with Crippen molar-refractivity contribution in [2.45, 2.75) is 26.2 Å². The molecule has 2 heterocycles. The predicted octanol–water partition coefficient (Wildman–Crippen LogP) is 2.96. The minimum absolute atomic E-state index is 0.0169. The fourth-order valence-electron chi connectivity index (χ4n) is 3.06. The van der Waals surface area contributed by atoms with Gasteiger partial charge in [0.25, 0.3) is 5.91 Å². The molecule has 0 radical (unpaired) electrons. The van der Waals surface area contributed by atoms with E-state index in [2.05, 4.69) is 26.1 Å². The number of aromatic amines is 1. The molecule has 27 heavy (non-hydrogen) atoms. The normalized spacial score (nSPS) is 14.7. The van der Waals surface area contributed by atoms with Gasteiger partial charge < -0.3 is 9.80 Å². The maximum absolute atomic E-state index is 13.0. The van der Waals surface area contributed by atoms with Crippen molar-refractivity contribution in [3.05, 3.63) is 51.5 Å². The van der Waals surface area contributed by atoms with Gasteiger partial charge in [-0.15, -0.1) is 0 Å². The Morgan fingerprint density at radius 3 is 2.30 bits per heavy atom. The van der Waals surface area contributed by atoms with E-state index >= 15 is 0 Å². The van der Waals surface area contributed by atoms with Crippen molar-refractivity contribution in [2.75, 3.05) is 26.2 Å². The van der Waals surface area contributed by atoms with Gasteiger partial charge in [-0.3, -0.25) is 14.7 Å². The Balaban J connectivity index is 1.57. The van der Waals surface area contributed by atoms with Crippen LogP contribution in [0.1, 0.15) is 41.5 Å². The second-order valence-corrected chi connectivity index (χ2v) is 7.72. The first-order valence-electron chi connectivity index (χ1n) is 8.92. The summed E-state index contributed by atoms with van der Waals surface area (Å²) in [6.07, 6.45) is 0.233. The number of piperazine rings is 1. The zero-order valence-corrected chi connectivity index (χ0v) is 16.9. The molecule has 2 aromatic rings. The number of carbonyl (C=O) groups is 2. The first kappa shape index (κ1) is 19.5. The van der Waals surface area contributed by atoms with Crippen molar-refractivity contribution < 1.29 is 14.0 Å². The van der Waals surface area contributed by atoms with E-state index in [1.807, 2.05) is 13.8 Å². The third-order valence-electron chi connectivity index (χ3n) is 4.70. The van der Waals surface area contributed by atoms with Gasteiger partial charge in [0.1, 0.15) is 5.82 Å². The molecule has 0 unspecified atom stereocenters. The van der Waals surface area contributed by atoms with Crippen LogP contribution < -0.4 is 0 Å². The van der Waals surface area contributed by atoms with Gasteiger partial charge in [-0.1, -0.05) is 26.0 Å². The third kappa shape index (κ3) is 4.37. The largest absolute Gasteiger partial charge is 0.339 e. The summed E-state index contributed by atoms with van der Waals surface area (Å²) in [6, 6.07) is 5.95. The van der Waals surface area contributed by atoms with E-state index in [9.17, 15) is 14.0 Å². The van der Waals surface area contributed by atoms with Crippen LogP contribution >= 0.6 is 15.9 Å². The number of rotatable bonds is 4. The highest BCUT2D eigenvalue weighted by Crippen LogP contribution is 2.26. The molecule has 1 aromatic carbocycles. The summed E-state index contributed by atoms with van der Waals surface area (Å²) in [5, 5.41) is 7.07. The first-order valence-corrected chi connectivity index (χ1v) is 9.71. The molecule has 144 valence electrons. The van der Waals surface area contributed by atoms with Crippen molar-refractivity contribution in [2.24, 2.45) is 0 Å². The van der Waals surface area contributed by atoms with Crippen LogP contribution in [0.5, 0.6) is 0 Å². The Hall–Kier alpha value is -2.22. The van der Waals surface area contributed by atoms with E-state index in [1.54, 1.807) is 21.9 Å². The Labute approximate surface area is 165 Å². The highest BCUT2D eigenvalue weighted by Gasteiger charge is 2.28. The van der Waals surface area contributed by atoms with Gasteiger partial charge in [0.05, 0.1) is 16.6 Å². The lowest BCUT2D eigenvalue weighted by Gasteiger charge is -2.34. The molecule has 1 saturated heterocycles. The smallest absolute Gasteiger partial charge is 0.275 e. The van der Waals surface area contributed by atoms with Gasteiger partial charge in [0.2, 0.25) is 5.91 Å². The van der Waals surface area contributed by atoms with Crippen LogP contribution in [-0.4, -0.2) is 58.0 Å². The average molecular weight is 437 g/mol. The van der Waals surface area contributed by atoms with Crippen LogP contribution in [0.4, 0.5) is 4.39 Å². The second-order valence-electron chi connectivity index (χ2n) is 6.93. The highest BCUT2D eigenvalue weighted by atomic mass is 79.9. The maximum atomic E-state index is 13.0. The average Bonchev–Trinajstić information content (AvgIpc) is 3.05. The number of halogens is 2. The Morgan fingerprint density at radius 1 is 1.15 bits per heavy atom. The van der Waals surface area contributed by atoms with E-state index in [-0.39, 0.29) is 30.0 Å². The van der Waals surface area contributed by atoms with Crippen molar-refractivity contribution in [1.29, 1.82) is 0 Å². The second kappa shape index (κ2) is 8.21. The zero-order chi connectivity index (χ0) is 19.6. The van der Waals surface area contributed by atoms with Crippen LogP contribution in [0.25, 0.3) is 0 Å². The van der Waals surface area contributed by atoms with Gasteiger partial charge in [0.15, 0.2) is 5.69 Å². The van der Waals surface area contributed by atoms with Crippen molar-refractivity contribution in [1.82, 2.24) is 20.0 Å². The minimum atomic E-state index is -0.316. The summed E-state index contributed by atoms with van der Waals surface area (Å²) in [6.45, 7) is 5.93. The van der Waals surface area contributed by atoms with Crippen LogP contribution in [-0.2, 0) is 11.2 Å². The van der Waals surface area contributed by atoms with E-state index in [1.165, 1.54) is 12.1 Å². The maximum Gasteiger partial charge on any atom is 0.275 e. The molecule has 1 N–H and O–H groups in total. The summed E-state index contributed by atoms with van der Waals surface area (Å²) in [5.41, 5.74) is 2.05. The Kier molecular flexibility index (Phi) is 5.94. The zero-order valence-electron chi connectivity index (χ0n) is 15.3. The van der Waals surface area contributed by atoms with Crippen LogP contribution in [0, 0.1) is 5.82 Å². The van der Waals surface area contributed by atoms with Crippen LogP contribution in [0.3, 0.4) is 0 Å². The molecule has 3 rings (SSSR count). The minimum Gasteiger partial charge on any atom is -0.339 e. The summed E-state index contributed by atoms with van der Waals surface area (Å²) in [4.78, 5) is 28.6. The molecule has 0 spiro atoms. The number of H-pyrrole nitrogens is 1. The number of carbonyl (C=O) groups excluding carboxylic acids is 2. The van der Waals surface area contributed by atoms with Gasteiger partial charge in [-0.05, 0) is 39.5 Å². The SMILES string of the molecule is CC(C)c1[nH]nc(C(=O)N2CCN(C(=O)Cc3ccc(F)cc3)CC2)c1Br. The molecule has 1 aliphatic rings. The number of hydrogen-bond donors (Lipinski definition) is 1. The lowest BCUT2D eigenvalue weighted by atomic mass is 10.1. The van der Waals surface area contributed by atoms with Gasteiger partial charge in [0, 0.05) is 26.2 Å². The summed E-state index contributed by atoms with van der Waals surface area (Å²) in [5.74, 6) is -0.245. The molecule has 0 saturated carbocycles. The Bertz CT molecular complexity index is 827. The van der Waals surface area contributed by atoms with Crippen molar-refractivity contribution >= 4 is 27.7 Å². The van der Waals surface area contributed by atoms with Gasteiger partial charge in [-0.2, -0.15) is 5.10 Å². The summed E-state index contributed by atoms with van der Waals surface area (Å²) in [7, 11) is 0. The van der Waals surface area contributed by atoms with E-state index < -0.39 is 0 Å². The van der Waals surface area contributed by atoms with Gasteiger partial charge >= 0.3 is 0 Å². The van der Waals surface area contributed by atoms with E-state index in [4.69, 9.17) is 0 Å². The summed E-state index contributed by atoms with van der Waals surface area (Å²) >= 11 is 3.46. The molecule has 0 atom stereocenters. The molecule has 6 nitrogen and oxygen atoms in total. The number of hydrogen-bond acceptors (Lipinski definition) is 3. The molecule has 0 bridgehead atoms. The molecular weight excluding hydrogens is 415 g/mol. The van der Waals surface area contributed by atoms with Crippen molar-refractivity contribution in [3.63, 3.8) is 0 Å². The van der Waals surface area contributed by atoms with E-state index in [0.717, 1.165) is 11.3 Å². The molecular formula is C19H22BrFN4O2. The van der Waals surface area contributed by atoms with Crippen LogP contribution in [0.2, 0.25) is 0 Å². The Morgan fingerprint density at radius 2 is 1.74 bits per heavy atom. The lowest BCUT2D eigenvalue weighted by Crippen LogP contribution is -2.51. The fourth-order valence-corrected chi connectivity index (χ4v) is 3.87. The molecule has 1 fully saturated rings. The number of amides is 2. The molecule has 8 heteroatoms. The van der Waals surface area contributed by atoms with Crippen LogP contribution in [0.15, 0.2) is 28.7 Å². The molecule has 1 aliphatic heterocycles. The number of nitrogens with one attached hydrogen (secondary N) is 1. The summed E-state index contributed by atoms with van der Waals surface area (Å²) < 4.78 is 13.7. The number of nitrogens with zero attached hydrogens (tertiary/aromatic N) is 3. The standard InChI is InChI=1S/C19H22BrFN4O2/c1-12(2)17-16(20)18(23-22-17)19(27)25-9-7-24(8-10-25)15(26)11-13-3-5-14(21)6-4-13/h3-6,12H,7-11H2,1-2H3,(H,22,23).